The van der Waals surface area contributed by atoms with Crippen molar-refractivity contribution in [3.8, 4) is 0 Å². The van der Waals surface area contributed by atoms with Crippen LogP contribution in [0.5, 0.6) is 0 Å². The van der Waals surface area contributed by atoms with Crippen LogP contribution < -0.4 is 10.2 Å². The molecule has 0 aromatic heterocycles. The summed E-state index contributed by atoms with van der Waals surface area (Å²) in [7, 11) is 0. The van der Waals surface area contributed by atoms with Gasteiger partial charge < -0.3 is 10.2 Å². The summed E-state index contributed by atoms with van der Waals surface area (Å²) in [5, 5.41) is 3.65. The lowest BCUT2D eigenvalue weighted by molar-refractivity contribution is 0.357. The standard InChI is InChI=1S/C17H28N2/c1-4-11-17(2,3)18-14-15-7-9-16(10-8-15)19-12-5-6-13-19/h7-10,18H,4-6,11-14H2,1-3H3. The topological polar surface area (TPSA) is 15.3 Å². The van der Waals surface area contributed by atoms with Gasteiger partial charge in [0.05, 0.1) is 0 Å². The molecule has 2 rings (SSSR count). The Hall–Kier alpha value is -1.02. The third-order valence-corrected chi connectivity index (χ3v) is 4.05. The second-order valence-electron chi connectivity index (χ2n) is 6.35. The molecule has 2 nitrogen and oxygen atoms in total. The molecular weight excluding hydrogens is 232 g/mol. The molecule has 0 unspecified atom stereocenters. The average molecular weight is 260 g/mol. The van der Waals surface area contributed by atoms with Crippen molar-refractivity contribution in [2.75, 3.05) is 18.0 Å². The summed E-state index contributed by atoms with van der Waals surface area (Å²) in [4.78, 5) is 2.48. The third-order valence-electron chi connectivity index (χ3n) is 4.05. The van der Waals surface area contributed by atoms with Crippen LogP contribution in [0.3, 0.4) is 0 Å². The maximum atomic E-state index is 3.65. The molecule has 0 spiro atoms. The number of rotatable bonds is 6. The lowest BCUT2D eigenvalue weighted by Gasteiger charge is -2.26. The number of nitrogens with zero attached hydrogens (tertiary/aromatic N) is 1. The Bertz CT molecular complexity index is 375. The van der Waals surface area contributed by atoms with E-state index in [9.17, 15) is 0 Å². The zero-order valence-corrected chi connectivity index (χ0v) is 12.7. The number of nitrogens with one attached hydrogen (secondary N) is 1. The van der Waals surface area contributed by atoms with E-state index in [1.807, 2.05) is 0 Å². The van der Waals surface area contributed by atoms with Gasteiger partial charge in [0.2, 0.25) is 0 Å². The van der Waals surface area contributed by atoms with E-state index in [4.69, 9.17) is 0 Å². The predicted molar refractivity (Wildman–Crippen MR) is 83.7 cm³/mol. The molecule has 1 aliphatic heterocycles. The van der Waals surface area contributed by atoms with Crippen molar-refractivity contribution in [2.24, 2.45) is 0 Å². The highest BCUT2D eigenvalue weighted by molar-refractivity contribution is 5.48. The van der Waals surface area contributed by atoms with E-state index in [-0.39, 0.29) is 5.54 Å². The van der Waals surface area contributed by atoms with Crippen LogP contribution in [0.1, 0.15) is 52.0 Å². The van der Waals surface area contributed by atoms with Crippen molar-refractivity contribution in [2.45, 2.75) is 58.5 Å². The van der Waals surface area contributed by atoms with Gasteiger partial charge >= 0.3 is 0 Å². The lowest BCUT2D eigenvalue weighted by Crippen LogP contribution is -2.38. The Labute approximate surface area is 118 Å². The molecule has 1 aromatic carbocycles. The van der Waals surface area contributed by atoms with Crippen molar-refractivity contribution in [1.82, 2.24) is 5.32 Å². The van der Waals surface area contributed by atoms with Crippen molar-refractivity contribution in [3.05, 3.63) is 29.8 Å². The first-order valence-electron chi connectivity index (χ1n) is 7.70. The molecular formula is C17H28N2. The van der Waals surface area contributed by atoms with E-state index in [1.54, 1.807) is 0 Å². The Morgan fingerprint density at radius 2 is 1.74 bits per heavy atom. The Morgan fingerprint density at radius 3 is 2.32 bits per heavy atom. The highest BCUT2D eigenvalue weighted by Crippen LogP contribution is 2.20. The maximum Gasteiger partial charge on any atom is 0.0366 e. The molecule has 106 valence electrons. The van der Waals surface area contributed by atoms with E-state index < -0.39 is 0 Å². The molecule has 2 heteroatoms. The minimum absolute atomic E-state index is 0.238. The summed E-state index contributed by atoms with van der Waals surface area (Å²) in [6.45, 7) is 10.2. The second kappa shape index (κ2) is 6.42. The van der Waals surface area contributed by atoms with Crippen LogP contribution in [0, 0.1) is 0 Å². The summed E-state index contributed by atoms with van der Waals surface area (Å²) in [6, 6.07) is 9.08. The van der Waals surface area contributed by atoms with Gasteiger partial charge in [0.25, 0.3) is 0 Å². The van der Waals surface area contributed by atoms with Crippen molar-refractivity contribution < 1.29 is 0 Å². The molecule has 0 saturated carbocycles. The molecule has 0 aliphatic carbocycles. The van der Waals surface area contributed by atoms with Crippen LogP contribution >= 0.6 is 0 Å². The molecule has 0 radical (unpaired) electrons. The highest BCUT2D eigenvalue weighted by atomic mass is 15.1. The number of hydrogen-bond acceptors (Lipinski definition) is 2. The minimum atomic E-state index is 0.238. The molecule has 19 heavy (non-hydrogen) atoms. The monoisotopic (exact) mass is 260 g/mol. The van der Waals surface area contributed by atoms with E-state index in [1.165, 1.54) is 50.0 Å². The molecule has 1 N–H and O–H groups in total. The molecule has 0 amide bonds. The summed E-state index contributed by atoms with van der Waals surface area (Å²) in [5.74, 6) is 0. The first kappa shape index (κ1) is 14.4. The van der Waals surface area contributed by atoms with E-state index in [0.717, 1.165) is 6.54 Å². The molecule has 1 heterocycles. The molecule has 1 aliphatic rings. The van der Waals surface area contributed by atoms with Crippen molar-refractivity contribution >= 4 is 5.69 Å². The van der Waals surface area contributed by atoms with Gasteiger partial charge in [-0.25, -0.2) is 0 Å². The molecule has 0 bridgehead atoms. The molecule has 1 saturated heterocycles. The van der Waals surface area contributed by atoms with Gasteiger partial charge in [-0.3, -0.25) is 0 Å². The van der Waals surface area contributed by atoms with Gasteiger partial charge in [0, 0.05) is 30.9 Å². The van der Waals surface area contributed by atoms with Crippen molar-refractivity contribution in [3.63, 3.8) is 0 Å². The first-order valence-corrected chi connectivity index (χ1v) is 7.70. The normalized spacial score (nSPS) is 16.1. The van der Waals surface area contributed by atoms with Crippen LogP contribution in [-0.2, 0) is 6.54 Å². The van der Waals surface area contributed by atoms with Crippen LogP contribution in [-0.4, -0.2) is 18.6 Å². The first-order chi connectivity index (χ1) is 9.11. The van der Waals surface area contributed by atoms with Gasteiger partial charge in [-0.1, -0.05) is 25.5 Å². The fourth-order valence-corrected chi connectivity index (χ4v) is 2.85. The fourth-order valence-electron chi connectivity index (χ4n) is 2.85. The quantitative estimate of drug-likeness (QED) is 0.833. The van der Waals surface area contributed by atoms with Gasteiger partial charge in [-0.2, -0.15) is 0 Å². The van der Waals surface area contributed by atoms with E-state index in [2.05, 4.69) is 55.3 Å². The minimum Gasteiger partial charge on any atom is -0.372 e. The van der Waals surface area contributed by atoms with Gasteiger partial charge in [-0.15, -0.1) is 0 Å². The fraction of sp³-hybridized carbons (Fsp3) is 0.647. The Kier molecular flexibility index (Phi) is 4.87. The van der Waals surface area contributed by atoms with Crippen LogP contribution in [0.25, 0.3) is 0 Å². The zero-order valence-electron chi connectivity index (χ0n) is 12.7. The highest BCUT2D eigenvalue weighted by Gasteiger charge is 2.15. The zero-order chi connectivity index (χ0) is 13.7. The van der Waals surface area contributed by atoms with Crippen LogP contribution in [0.4, 0.5) is 5.69 Å². The molecule has 1 aromatic rings. The molecule has 1 fully saturated rings. The second-order valence-corrected chi connectivity index (χ2v) is 6.35. The largest absolute Gasteiger partial charge is 0.372 e. The SMILES string of the molecule is CCCC(C)(C)NCc1ccc(N2CCCC2)cc1. The van der Waals surface area contributed by atoms with Crippen LogP contribution in [0.2, 0.25) is 0 Å². The average Bonchev–Trinajstić information content (AvgIpc) is 2.91. The lowest BCUT2D eigenvalue weighted by atomic mass is 9.98. The van der Waals surface area contributed by atoms with Crippen LogP contribution in [0.15, 0.2) is 24.3 Å². The van der Waals surface area contributed by atoms with Gasteiger partial charge in [0.15, 0.2) is 0 Å². The van der Waals surface area contributed by atoms with E-state index >= 15 is 0 Å². The predicted octanol–water partition coefficient (Wildman–Crippen LogP) is 3.96. The maximum absolute atomic E-state index is 3.65. The van der Waals surface area contributed by atoms with Gasteiger partial charge in [0.1, 0.15) is 0 Å². The van der Waals surface area contributed by atoms with Gasteiger partial charge in [-0.05, 0) is 50.8 Å². The summed E-state index contributed by atoms with van der Waals surface area (Å²) >= 11 is 0. The number of benzene rings is 1. The Morgan fingerprint density at radius 1 is 1.11 bits per heavy atom. The summed E-state index contributed by atoms with van der Waals surface area (Å²) in [6.07, 6.45) is 5.13. The molecule has 0 atom stereocenters. The number of anilines is 1. The summed E-state index contributed by atoms with van der Waals surface area (Å²) in [5.41, 5.74) is 3.00. The smallest absolute Gasteiger partial charge is 0.0366 e. The number of hydrogen-bond donors (Lipinski definition) is 1. The third kappa shape index (κ3) is 4.24. The van der Waals surface area contributed by atoms with Crippen molar-refractivity contribution in [1.29, 1.82) is 0 Å². The van der Waals surface area contributed by atoms with E-state index in [0.29, 0.717) is 0 Å². The summed E-state index contributed by atoms with van der Waals surface area (Å²) < 4.78 is 0. The Balaban J connectivity index is 1.88.